The number of hydrogen-bond donors (Lipinski definition) is 2. The van der Waals surface area contributed by atoms with Crippen molar-refractivity contribution in [1.29, 1.82) is 0 Å². The van der Waals surface area contributed by atoms with Gasteiger partial charge in [0.25, 0.3) is 5.91 Å². The van der Waals surface area contributed by atoms with E-state index in [0.29, 0.717) is 11.3 Å². The molecule has 1 aliphatic rings. The van der Waals surface area contributed by atoms with E-state index in [0.717, 1.165) is 39.2 Å². The molecule has 0 bridgehead atoms. The topological polar surface area (TPSA) is 62.0 Å². The first-order chi connectivity index (χ1) is 11.8. The molecule has 1 amide bonds. The Kier molecular flexibility index (Phi) is 4.21. The molecule has 25 heavy (non-hydrogen) atoms. The van der Waals surface area contributed by atoms with Crippen molar-refractivity contribution in [3.63, 3.8) is 0 Å². The van der Waals surface area contributed by atoms with Gasteiger partial charge in [0.2, 0.25) is 5.78 Å². The third-order valence-corrected chi connectivity index (χ3v) is 5.06. The van der Waals surface area contributed by atoms with E-state index in [2.05, 4.69) is 10.3 Å². The van der Waals surface area contributed by atoms with E-state index in [9.17, 15) is 9.59 Å². The summed E-state index contributed by atoms with van der Waals surface area (Å²) < 4.78 is 0. The van der Waals surface area contributed by atoms with Gasteiger partial charge in [0, 0.05) is 22.5 Å². The Morgan fingerprint density at radius 1 is 0.960 bits per heavy atom. The number of benzene rings is 1. The number of amides is 1. The molecule has 0 unspecified atom stereocenters. The fourth-order valence-corrected chi connectivity index (χ4v) is 3.02. The molecule has 0 radical (unpaired) electrons. The molecule has 2 N–H and O–H groups in total. The molecular weight excluding hydrogens is 312 g/mol. The average Bonchev–Trinajstić information content (AvgIpc) is 3.00. The van der Waals surface area contributed by atoms with Gasteiger partial charge in [0.05, 0.1) is 5.69 Å². The third-order valence-electron chi connectivity index (χ3n) is 5.06. The monoisotopic (exact) mass is 334 g/mol. The number of carbonyl (C=O) groups is 2. The fourth-order valence-electron chi connectivity index (χ4n) is 3.02. The van der Waals surface area contributed by atoms with E-state index in [-0.39, 0.29) is 11.7 Å². The molecule has 4 heteroatoms. The minimum atomic E-state index is -0.0686. The minimum absolute atomic E-state index is 0.0118. The van der Waals surface area contributed by atoms with Crippen LogP contribution in [0.3, 0.4) is 0 Å². The molecule has 2 heterocycles. The number of aromatic nitrogens is 1. The maximum absolute atomic E-state index is 12.9. The second-order valence-electron chi connectivity index (χ2n) is 6.57. The third kappa shape index (κ3) is 2.84. The lowest BCUT2D eigenvalue weighted by atomic mass is 10.00. The van der Waals surface area contributed by atoms with Gasteiger partial charge in [-0.05, 0) is 63.0 Å². The zero-order chi connectivity index (χ0) is 18.3. The molecule has 0 fully saturated rings. The summed E-state index contributed by atoms with van der Waals surface area (Å²) in [6.45, 7) is 9.59. The van der Waals surface area contributed by atoms with Crippen LogP contribution >= 0.6 is 0 Å². The van der Waals surface area contributed by atoms with Gasteiger partial charge in [-0.3, -0.25) is 9.59 Å². The predicted molar refractivity (Wildman–Crippen MR) is 99.4 cm³/mol. The molecule has 0 atom stereocenters. The number of ketones is 1. The number of rotatable bonds is 3. The van der Waals surface area contributed by atoms with E-state index >= 15 is 0 Å². The van der Waals surface area contributed by atoms with Crippen LogP contribution in [0.4, 0.5) is 0 Å². The SMILES string of the molecule is CC1=C(C)/C(=C/c2[nH]c(C(=O)c3ccccc3C)c(C)c2C)NC1=O. The summed E-state index contributed by atoms with van der Waals surface area (Å²) in [5.74, 6) is -0.0804. The number of allylic oxidation sites excluding steroid dienone is 1. The van der Waals surface area contributed by atoms with Crippen LogP contribution in [0.2, 0.25) is 0 Å². The van der Waals surface area contributed by atoms with E-state index < -0.39 is 0 Å². The number of aryl methyl sites for hydroxylation is 1. The lowest BCUT2D eigenvalue weighted by Crippen LogP contribution is -2.15. The first-order valence-corrected chi connectivity index (χ1v) is 8.31. The lowest BCUT2D eigenvalue weighted by molar-refractivity contribution is -0.116. The van der Waals surface area contributed by atoms with Gasteiger partial charge in [-0.15, -0.1) is 0 Å². The molecule has 128 valence electrons. The number of carbonyl (C=O) groups excluding carboxylic acids is 2. The van der Waals surface area contributed by atoms with Crippen LogP contribution in [0, 0.1) is 20.8 Å². The van der Waals surface area contributed by atoms with E-state index in [1.807, 2.05) is 65.0 Å². The Hall–Kier alpha value is -2.88. The van der Waals surface area contributed by atoms with Crippen LogP contribution in [0.15, 0.2) is 41.1 Å². The largest absolute Gasteiger partial charge is 0.352 e. The van der Waals surface area contributed by atoms with Gasteiger partial charge in [-0.1, -0.05) is 24.3 Å². The van der Waals surface area contributed by atoms with Crippen LogP contribution in [0.1, 0.15) is 52.3 Å². The van der Waals surface area contributed by atoms with Crippen molar-refractivity contribution < 1.29 is 9.59 Å². The summed E-state index contributed by atoms with van der Waals surface area (Å²) in [5.41, 5.74) is 7.48. The molecule has 3 rings (SSSR count). The maximum atomic E-state index is 12.9. The molecule has 1 aromatic heterocycles. The minimum Gasteiger partial charge on any atom is -0.352 e. The van der Waals surface area contributed by atoms with Crippen LogP contribution in [-0.4, -0.2) is 16.7 Å². The average molecular weight is 334 g/mol. The van der Waals surface area contributed by atoms with Crippen LogP contribution in [-0.2, 0) is 4.79 Å². The van der Waals surface area contributed by atoms with Crippen LogP contribution < -0.4 is 5.32 Å². The Bertz CT molecular complexity index is 958. The molecule has 1 aromatic carbocycles. The molecule has 2 aromatic rings. The molecule has 4 nitrogen and oxygen atoms in total. The van der Waals surface area contributed by atoms with Crippen molar-refractivity contribution in [3.8, 4) is 0 Å². The number of H-pyrrole nitrogens is 1. The van der Waals surface area contributed by atoms with Gasteiger partial charge in [0.15, 0.2) is 0 Å². The van der Waals surface area contributed by atoms with Gasteiger partial charge in [-0.2, -0.15) is 0 Å². The van der Waals surface area contributed by atoms with Gasteiger partial charge < -0.3 is 10.3 Å². The smallest absolute Gasteiger partial charge is 0.251 e. The standard InChI is InChI=1S/C21H22N2O2/c1-11-8-6-7-9-16(11)20(24)19-14(4)12(2)17(22-19)10-18-13(3)15(5)21(25)23-18/h6-10,22H,1-5H3,(H,23,25)/b18-10-. The van der Waals surface area contributed by atoms with E-state index in [1.165, 1.54) is 0 Å². The normalized spacial score (nSPS) is 15.9. The van der Waals surface area contributed by atoms with Crippen molar-refractivity contribution in [3.05, 3.63) is 74.8 Å². The molecule has 0 spiro atoms. The van der Waals surface area contributed by atoms with Crippen molar-refractivity contribution in [1.82, 2.24) is 10.3 Å². The summed E-state index contributed by atoms with van der Waals surface area (Å²) in [6.07, 6.45) is 1.90. The Morgan fingerprint density at radius 3 is 2.24 bits per heavy atom. The Morgan fingerprint density at radius 2 is 1.64 bits per heavy atom. The zero-order valence-electron chi connectivity index (χ0n) is 15.2. The summed E-state index contributed by atoms with van der Waals surface area (Å²) in [5, 5.41) is 2.87. The first kappa shape index (κ1) is 17.0. The Balaban J connectivity index is 2.04. The summed E-state index contributed by atoms with van der Waals surface area (Å²) in [7, 11) is 0. The highest BCUT2D eigenvalue weighted by molar-refractivity contribution is 6.10. The van der Waals surface area contributed by atoms with E-state index in [1.54, 1.807) is 0 Å². The van der Waals surface area contributed by atoms with Gasteiger partial charge >= 0.3 is 0 Å². The summed E-state index contributed by atoms with van der Waals surface area (Å²) in [6, 6.07) is 7.58. The highest BCUT2D eigenvalue weighted by atomic mass is 16.2. The number of hydrogen-bond acceptors (Lipinski definition) is 2. The van der Waals surface area contributed by atoms with Gasteiger partial charge in [0.1, 0.15) is 0 Å². The number of aromatic amines is 1. The second-order valence-corrected chi connectivity index (χ2v) is 6.57. The van der Waals surface area contributed by atoms with Crippen molar-refractivity contribution in [2.75, 3.05) is 0 Å². The highest BCUT2D eigenvalue weighted by Crippen LogP contribution is 2.26. The maximum Gasteiger partial charge on any atom is 0.251 e. The predicted octanol–water partition coefficient (Wildman–Crippen LogP) is 3.98. The van der Waals surface area contributed by atoms with Crippen molar-refractivity contribution in [2.45, 2.75) is 34.6 Å². The van der Waals surface area contributed by atoms with Gasteiger partial charge in [-0.25, -0.2) is 0 Å². The summed E-state index contributed by atoms with van der Waals surface area (Å²) in [4.78, 5) is 28.0. The highest BCUT2D eigenvalue weighted by Gasteiger charge is 2.22. The quantitative estimate of drug-likeness (QED) is 0.834. The fraction of sp³-hybridized carbons (Fsp3) is 0.238. The van der Waals surface area contributed by atoms with Crippen molar-refractivity contribution >= 4 is 17.8 Å². The molecule has 1 aliphatic heterocycles. The first-order valence-electron chi connectivity index (χ1n) is 8.31. The Labute approximate surface area is 147 Å². The molecule has 0 aliphatic carbocycles. The summed E-state index contributed by atoms with van der Waals surface area (Å²) >= 11 is 0. The lowest BCUT2D eigenvalue weighted by Gasteiger charge is -2.04. The zero-order valence-corrected chi connectivity index (χ0v) is 15.2. The van der Waals surface area contributed by atoms with Crippen molar-refractivity contribution in [2.24, 2.45) is 0 Å². The van der Waals surface area contributed by atoms with E-state index in [4.69, 9.17) is 0 Å². The van der Waals surface area contributed by atoms with Crippen LogP contribution in [0.5, 0.6) is 0 Å². The molecular formula is C21H22N2O2. The second kappa shape index (κ2) is 6.20. The molecule has 0 saturated carbocycles. The molecule has 0 saturated heterocycles. The van der Waals surface area contributed by atoms with Crippen LogP contribution in [0.25, 0.3) is 6.08 Å². The number of nitrogens with one attached hydrogen (secondary N) is 2.